The number of amides is 1. The fourth-order valence-corrected chi connectivity index (χ4v) is 5.88. The van der Waals surface area contributed by atoms with E-state index in [1.165, 1.54) is 15.6 Å². The van der Waals surface area contributed by atoms with Gasteiger partial charge in [-0.2, -0.15) is 4.31 Å². The zero-order valence-electron chi connectivity index (χ0n) is 18.4. The summed E-state index contributed by atoms with van der Waals surface area (Å²) < 4.78 is 38.1. The summed E-state index contributed by atoms with van der Waals surface area (Å²) in [4.78, 5) is 19.3. The third-order valence-corrected chi connectivity index (χ3v) is 8.15. The minimum Gasteiger partial charge on any atom is -0.496 e. The summed E-state index contributed by atoms with van der Waals surface area (Å²) in [5, 5.41) is 2.43. The summed E-state index contributed by atoms with van der Waals surface area (Å²) in [5.74, 6) is 1.12. The van der Waals surface area contributed by atoms with E-state index in [9.17, 15) is 13.2 Å². The maximum Gasteiger partial charge on any atom is 0.273 e. The number of benzene rings is 2. The first kappa shape index (κ1) is 23.2. The Labute approximate surface area is 197 Å². The Kier molecular flexibility index (Phi) is 6.96. The molecule has 0 radical (unpaired) electrons. The first-order valence-corrected chi connectivity index (χ1v) is 12.9. The molecule has 0 aliphatic carbocycles. The van der Waals surface area contributed by atoms with Crippen LogP contribution in [0.4, 0.5) is 0 Å². The van der Waals surface area contributed by atoms with Crippen molar-refractivity contribution >= 4 is 27.3 Å². The maximum absolute atomic E-state index is 13.0. The quantitative estimate of drug-likeness (QED) is 0.508. The Bertz CT molecular complexity index is 1220. The van der Waals surface area contributed by atoms with Crippen molar-refractivity contribution in [3.05, 3.63) is 59.6 Å². The summed E-state index contributed by atoms with van der Waals surface area (Å²) in [6.45, 7) is 3.45. The van der Waals surface area contributed by atoms with E-state index in [-0.39, 0.29) is 23.9 Å². The van der Waals surface area contributed by atoms with Crippen molar-refractivity contribution in [1.82, 2.24) is 14.2 Å². The summed E-state index contributed by atoms with van der Waals surface area (Å²) in [5.41, 5.74) is 1.18. The van der Waals surface area contributed by atoms with E-state index in [2.05, 4.69) is 4.98 Å². The van der Waals surface area contributed by atoms with Crippen LogP contribution in [0.2, 0.25) is 0 Å². The van der Waals surface area contributed by atoms with E-state index in [4.69, 9.17) is 9.47 Å². The first-order valence-electron chi connectivity index (χ1n) is 10.5. The number of carbonyl (C=O) groups is 1. The molecule has 1 saturated heterocycles. The number of sulfonamides is 1. The molecule has 0 unspecified atom stereocenters. The van der Waals surface area contributed by atoms with Crippen molar-refractivity contribution in [1.29, 1.82) is 0 Å². The fourth-order valence-electron chi connectivity index (χ4n) is 3.63. The Morgan fingerprint density at radius 2 is 1.76 bits per heavy atom. The third-order valence-electron chi connectivity index (χ3n) is 5.36. The second kappa shape index (κ2) is 9.90. The molecule has 2 heterocycles. The van der Waals surface area contributed by atoms with Crippen molar-refractivity contribution in [3.63, 3.8) is 0 Å². The topological polar surface area (TPSA) is 89.0 Å². The highest BCUT2D eigenvalue weighted by Crippen LogP contribution is 2.32. The van der Waals surface area contributed by atoms with Gasteiger partial charge in [-0.3, -0.25) is 4.79 Å². The van der Waals surface area contributed by atoms with Crippen LogP contribution in [-0.4, -0.2) is 68.4 Å². The minimum atomic E-state index is -3.63. The molecule has 1 aliphatic rings. The SMILES string of the molecule is CCOc1ccc(S(=O)(=O)N2CCN(C(=O)c3csc(-c4ccccc4OC)n3)CC2)cc1. The Hall–Kier alpha value is -2.95. The van der Waals surface area contributed by atoms with Crippen LogP contribution in [0.5, 0.6) is 11.5 Å². The number of hydrogen-bond donors (Lipinski definition) is 0. The van der Waals surface area contributed by atoms with Crippen molar-refractivity contribution in [2.75, 3.05) is 39.9 Å². The van der Waals surface area contributed by atoms with Crippen LogP contribution in [0.15, 0.2) is 58.8 Å². The predicted molar refractivity (Wildman–Crippen MR) is 126 cm³/mol. The number of ether oxygens (including phenoxy) is 2. The van der Waals surface area contributed by atoms with Crippen LogP contribution >= 0.6 is 11.3 Å². The Balaban J connectivity index is 1.42. The molecule has 1 fully saturated rings. The average Bonchev–Trinajstić information content (AvgIpc) is 3.34. The van der Waals surface area contributed by atoms with Crippen LogP contribution in [0, 0.1) is 0 Å². The standard InChI is InChI=1S/C23H25N3O5S2/c1-3-31-17-8-10-18(11-9-17)33(28,29)26-14-12-25(13-15-26)23(27)20-16-32-22(24-20)19-6-4-5-7-21(19)30-2/h4-11,16H,3,12-15H2,1-2H3. The van der Waals surface area contributed by atoms with Crippen molar-refractivity contribution in [2.24, 2.45) is 0 Å². The highest BCUT2D eigenvalue weighted by Gasteiger charge is 2.31. The average molecular weight is 488 g/mol. The fraction of sp³-hybridized carbons (Fsp3) is 0.304. The van der Waals surface area contributed by atoms with Gasteiger partial charge in [0.25, 0.3) is 5.91 Å². The molecule has 8 nitrogen and oxygen atoms in total. The molecular weight excluding hydrogens is 462 g/mol. The lowest BCUT2D eigenvalue weighted by atomic mass is 10.2. The summed E-state index contributed by atoms with van der Waals surface area (Å²) >= 11 is 1.38. The summed E-state index contributed by atoms with van der Waals surface area (Å²) in [6, 6.07) is 13.9. The Morgan fingerprint density at radius 3 is 2.42 bits per heavy atom. The number of thiazole rings is 1. The number of nitrogens with zero attached hydrogens (tertiary/aromatic N) is 3. The first-order chi connectivity index (χ1) is 15.9. The molecule has 0 saturated carbocycles. The summed E-state index contributed by atoms with van der Waals surface area (Å²) in [7, 11) is -2.04. The molecule has 3 aromatic rings. The molecule has 174 valence electrons. The molecule has 10 heteroatoms. The molecule has 0 bridgehead atoms. The number of para-hydroxylation sites is 1. The number of carbonyl (C=O) groups excluding carboxylic acids is 1. The molecule has 1 aromatic heterocycles. The van der Waals surface area contributed by atoms with Crippen molar-refractivity contribution in [3.8, 4) is 22.1 Å². The molecule has 4 rings (SSSR count). The van der Waals surface area contributed by atoms with Gasteiger partial charge in [-0.15, -0.1) is 11.3 Å². The largest absolute Gasteiger partial charge is 0.496 e. The maximum atomic E-state index is 13.0. The van der Waals surface area contributed by atoms with Crippen molar-refractivity contribution < 1.29 is 22.7 Å². The molecule has 0 N–H and O–H groups in total. The van der Waals surface area contributed by atoms with E-state index in [1.807, 2.05) is 31.2 Å². The third kappa shape index (κ3) is 4.87. The molecule has 2 aromatic carbocycles. The number of aromatic nitrogens is 1. The molecule has 0 spiro atoms. The zero-order valence-corrected chi connectivity index (χ0v) is 20.1. The van der Waals surface area contributed by atoms with Crippen LogP contribution in [0.1, 0.15) is 17.4 Å². The second-order valence-electron chi connectivity index (χ2n) is 7.34. The molecule has 0 atom stereocenters. The zero-order chi connectivity index (χ0) is 23.4. The number of methoxy groups -OCH3 is 1. The smallest absolute Gasteiger partial charge is 0.273 e. The van der Waals surface area contributed by atoms with E-state index < -0.39 is 10.0 Å². The van der Waals surface area contributed by atoms with Gasteiger partial charge in [-0.25, -0.2) is 13.4 Å². The number of hydrogen-bond acceptors (Lipinski definition) is 7. The molecule has 1 amide bonds. The van der Waals surface area contributed by atoms with Crippen LogP contribution in [-0.2, 0) is 10.0 Å². The summed E-state index contributed by atoms with van der Waals surface area (Å²) in [6.07, 6.45) is 0. The second-order valence-corrected chi connectivity index (χ2v) is 10.1. The van der Waals surface area contributed by atoms with Gasteiger partial charge in [0.2, 0.25) is 10.0 Å². The van der Waals surface area contributed by atoms with Gasteiger partial charge in [0, 0.05) is 31.6 Å². The molecule has 1 aliphatic heterocycles. The monoisotopic (exact) mass is 487 g/mol. The van der Waals surface area contributed by atoms with Gasteiger partial charge in [0.05, 0.1) is 24.2 Å². The lowest BCUT2D eigenvalue weighted by molar-refractivity contribution is 0.0693. The van der Waals surface area contributed by atoms with Gasteiger partial charge >= 0.3 is 0 Å². The number of rotatable bonds is 7. The van der Waals surface area contributed by atoms with Crippen LogP contribution < -0.4 is 9.47 Å². The van der Waals surface area contributed by atoms with E-state index >= 15 is 0 Å². The van der Waals surface area contributed by atoms with E-state index in [0.717, 1.165) is 5.56 Å². The van der Waals surface area contributed by atoms with E-state index in [1.54, 1.807) is 41.7 Å². The van der Waals surface area contributed by atoms with E-state index in [0.29, 0.717) is 41.9 Å². The van der Waals surface area contributed by atoms with Crippen molar-refractivity contribution in [2.45, 2.75) is 11.8 Å². The number of piperazine rings is 1. The van der Waals surface area contributed by atoms with Gasteiger partial charge in [-0.05, 0) is 43.3 Å². The highest BCUT2D eigenvalue weighted by molar-refractivity contribution is 7.89. The van der Waals surface area contributed by atoms with Crippen LogP contribution in [0.3, 0.4) is 0 Å². The lowest BCUT2D eigenvalue weighted by Crippen LogP contribution is -2.50. The highest BCUT2D eigenvalue weighted by atomic mass is 32.2. The predicted octanol–water partition coefficient (Wildman–Crippen LogP) is 3.36. The Morgan fingerprint density at radius 1 is 1.06 bits per heavy atom. The van der Waals surface area contributed by atoms with Gasteiger partial charge < -0.3 is 14.4 Å². The van der Waals surface area contributed by atoms with Gasteiger partial charge in [-0.1, -0.05) is 12.1 Å². The molecule has 33 heavy (non-hydrogen) atoms. The minimum absolute atomic E-state index is 0.203. The normalized spacial score (nSPS) is 14.8. The lowest BCUT2D eigenvalue weighted by Gasteiger charge is -2.33. The van der Waals surface area contributed by atoms with Crippen LogP contribution in [0.25, 0.3) is 10.6 Å². The van der Waals surface area contributed by atoms with Gasteiger partial charge in [0.15, 0.2) is 0 Å². The molecular formula is C23H25N3O5S2. The van der Waals surface area contributed by atoms with Gasteiger partial charge in [0.1, 0.15) is 22.2 Å².